The van der Waals surface area contributed by atoms with E-state index in [9.17, 15) is 0 Å². The first-order chi connectivity index (χ1) is 10.8. The molecule has 0 aliphatic carbocycles. The molecule has 1 fully saturated rings. The normalized spacial score (nSPS) is 15.0. The second-order valence-corrected chi connectivity index (χ2v) is 5.86. The van der Waals surface area contributed by atoms with Crippen LogP contribution in [-0.4, -0.2) is 36.1 Å². The van der Waals surface area contributed by atoms with Gasteiger partial charge >= 0.3 is 0 Å². The van der Waals surface area contributed by atoms with E-state index in [0.29, 0.717) is 6.61 Å². The topological polar surface area (TPSA) is 37.4 Å². The van der Waals surface area contributed by atoms with Gasteiger partial charge in [0.05, 0.1) is 0 Å². The van der Waals surface area contributed by atoms with Crippen LogP contribution in [-0.2, 0) is 13.2 Å². The first-order valence-electron chi connectivity index (χ1n) is 7.54. The monoisotopic (exact) mass is 353 g/mol. The fraction of sp³-hybridized carbons (Fsp3) is 0.353. The highest BCUT2D eigenvalue weighted by Crippen LogP contribution is 2.25. The van der Waals surface area contributed by atoms with Crippen LogP contribution in [0.4, 0.5) is 0 Å². The standard InChI is InChI=1S/C17H20ClN3O.ClH/c18-16-3-4-17(22-13-14-2-1-5-20-11-14)15(10-16)12-21-8-6-19-7-9-21;/h1-5,10-11,19H,6-9,12-13H2;1H. The molecule has 124 valence electrons. The second kappa shape index (κ2) is 9.08. The SMILES string of the molecule is Cl.Clc1ccc(OCc2cccnc2)c(CN2CCNCC2)c1. The quantitative estimate of drug-likeness (QED) is 0.895. The maximum atomic E-state index is 6.16. The summed E-state index contributed by atoms with van der Waals surface area (Å²) in [7, 11) is 0. The summed E-state index contributed by atoms with van der Waals surface area (Å²) >= 11 is 6.16. The Kier molecular flexibility index (Phi) is 7.12. The van der Waals surface area contributed by atoms with Gasteiger partial charge in [-0.2, -0.15) is 0 Å². The van der Waals surface area contributed by atoms with Crippen molar-refractivity contribution in [1.82, 2.24) is 15.2 Å². The molecule has 1 aromatic carbocycles. The minimum atomic E-state index is 0. The molecule has 4 nitrogen and oxygen atoms in total. The molecule has 0 amide bonds. The molecule has 1 aliphatic rings. The number of ether oxygens (including phenoxy) is 1. The molecule has 0 unspecified atom stereocenters. The van der Waals surface area contributed by atoms with Crippen molar-refractivity contribution >= 4 is 24.0 Å². The average Bonchev–Trinajstić information content (AvgIpc) is 2.56. The molecular weight excluding hydrogens is 333 g/mol. The summed E-state index contributed by atoms with van der Waals surface area (Å²) in [6.07, 6.45) is 3.59. The Labute approximate surface area is 148 Å². The van der Waals surface area contributed by atoms with Gasteiger partial charge in [0.15, 0.2) is 0 Å². The van der Waals surface area contributed by atoms with Crippen molar-refractivity contribution in [1.29, 1.82) is 0 Å². The van der Waals surface area contributed by atoms with Crippen molar-refractivity contribution in [2.24, 2.45) is 0 Å². The van der Waals surface area contributed by atoms with E-state index in [1.54, 1.807) is 6.20 Å². The predicted octanol–water partition coefficient (Wildman–Crippen LogP) is 3.14. The van der Waals surface area contributed by atoms with Gasteiger partial charge in [0.1, 0.15) is 12.4 Å². The lowest BCUT2D eigenvalue weighted by Crippen LogP contribution is -2.42. The Hall–Kier alpha value is -1.33. The number of aromatic nitrogens is 1. The van der Waals surface area contributed by atoms with Crippen LogP contribution >= 0.6 is 24.0 Å². The van der Waals surface area contributed by atoms with Crippen molar-refractivity contribution in [3.05, 3.63) is 58.9 Å². The van der Waals surface area contributed by atoms with E-state index in [2.05, 4.69) is 15.2 Å². The summed E-state index contributed by atoms with van der Waals surface area (Å²) < 4.78 is 5.98. The highest BCUT2D eigenvalue weighted by Gasteiger charge is 2.13. The van der Waals surface area contributed by atoms with Gasteiger partial charge in [-0.25, -0.2) is 0 Å². The smallest absolute Gasteiger partial charge is 0.124 e. The Morgan fingerprint density at radius 3 is 2.78 bits per heavy atom. The van der Waals surface area contributed by atoms with E-state index in [0.717, 1.165) is 54.6 Å². The van der Waals surface area contributed by atoms with E-state index in [1.165, 1.54) is 0 Å². The van der Waals surface area contributed by atoms with Gasteiger partial charge < -0.3 is 10.1 Å². The Morgan fingerprint density at radius 1 is 1.22 bits per heavy atom. The molecule has 2 aromatic rings. The molecule has 1 N–H and O–H groups in total. The van der Waals surface area contributed by atoms with Gasteiger partial charge in [0, 0.05) is 61.3 Å². The van der Waals surface area contributed by atoms with Crippen molar-refractivity contribution in [2.45, 2.75) is 13.2 Å². The summed E-state index contributed by atoms with van der Waals surface area (Å²) in [6.45, 7) is 5.55. The zero-order valence-electron chi connectivity index (χ0n) is 12.9. The van der Waals surface area contributed by atoms with Crippen molar-refractivity contribution < 1.29 is 4.74 Å². The van der Waals surface area contributed by atoms with Gasteiger partial charge in [-0.15, -0.1) is 12.4 Å². The van der Waals surface area contributed by atoms with Crippen LogP contribution in [0.3, 0.4) is 0 Å². The lowest BCUT2D eigenvalue weighted by molar-refractivity contribution is 0.226. The molecular formula is C17H21Cl2N3O. The second-order valence-electron chi connectivity index (χ2n) is 5.43. The fourth-order valence-corrected chi connectivity index (χ4v) is 2.76. The maximum absolute atomic E-state index is 6.16. The van der Waals surface area contributed by atoms with Gasteiger partial charge in [-0.1, -0.05) is 17.7 Å². The summed E-state index contributed by atoms with van der Waals surface area (Å²) in [6, 6.07) is 9.76. The van der Waals surface area contributed by atoms with Crippen LogP contribution in [0.2, 0.25) is 5.02 Å². The van der Waals surface area contributed by atoms with Crippen LogP contribution in [0, 0.1) is 0 Å². The van der Waals surface area contributed by atoms with Crippen LogP contribution in [0.1, 0.15) is 11.1 Å². The molecule has 0 bridgehead atoms. The molecule has 1 saturated heterocycles. The van der Waals surface area contributed by atoms with Crippen LogP contribution in [0.15, 0.2) is 42.7 Å². The molecule has 3 rings (SSSR count). The summed E-state index contributed by atoms with van der Waals surface area (Å²) in [5.74, 6) is 0.895. The zero-order chi connectivity index (χ0) is 15.2. The molecule has 0 spiro atoms. The zero-order valence-corrected chi connectivity index (χ0v) is 14.4. The number of piperazine rings is 1. The third-order valence-electron chi connectivity index (χ3n) is 3.74. The first kappa shape index (κ1) is 18.0. The highest BCUT2D eigenvalue weighted by atomic mass is 35.5. The van der Waals surface area contributed by atoms with E-state index in [1.807, 2.05) is 36.5 Å². The van der Waals surface area contributed by atoms with Gasteiger partial charge in [-0.05, 0) is 24.3 Å². The van der Waals surface area contributed by atoms with E-state index < -0.39 is 0 Å². The fourth-order valence-electron chi connectivity index (χ4n) is 2.57. The number of nitrogens with one attached hydrogen (secondary N) is 1. The summed E-state index contributed by atoms with van der Waals surface area (Å²) in [4.78, 5) is 6.53. The maximum Gasteiger partial charge on any atom is 0.124 e. The molecule has 1 aliphatic heterocycles. The number of nitrogens with zero attached hydrogens (tertiary/aromatic N) is 2. The van der Waals surface area contributed by atoms with Crippen molar-refractivity contribution in [3.8, 4) is 5.75 Å². The minimum absolute atomic E-state index is 0. The number of rotatable bonds is 5. The summed E-state index contributed by atoms with van der Waals surface area (Å²) in [5.41, 5.74) is 2.20. The van der Waals surface area contributed by atoms with Crippen LogP contribution in [0.5, 0.6) is 5.75 Å². The predicted molar refractivity (Wildman–Crippen MR) is 95.4 cm³/mol. The first-order valence-corrected chi connectivity index (χ1v) is 7.92. The molecule has 23 heavy (non-hydrogen) atoms. The third-order valence-corrected chi connectivity index (χ3v) is 3.98. The number of hydrogen-bond acceptors (Lipinski definition) is 4. The Morgan fingerprint density at radius 2 is 2.04 bits per heavy atom. The van der Waals surface area contributed by atoms with Gasteiger partial charge in [0.2, 0.25) is 0 Å². The van der Waals surface area contributed by atoms with Crippen molar-refractivity contribution in [2.75, 3.05) is 26.2 Å². The number of pyridine rings is 1. The molecule has 2 heterocycles. The van der Waals surface area contributed by atoms with Crippen LogP contribution < -0.4 is 10.1 Å². The number of benzene rings is 1. The lowest BCUT2D eigenvalue weighted by Gasteiger charge is -2.28. The Bertz CT molecular complexity index is 604. The lowest BCUT2D eigenvalue weighted by atomic mass is 10.1. The molecule has 0 atom stereocenters. The average molecular weight is 354 g/mol. The molecule has 1 aromatic heterocycles. The van der Waals surface area contributed by atoms with Gasteiger partial charge in [0.25, 0.3) is 0 Å². The molecule has 0 saturated carbocycles. The van der Waals surface area contributed by atoms with Crippen molar-refractivity contribution in [3.63, 3.8) is 0 Å². The van der Waals surface area contributed by atoms with Crippen LogP contribution in [0.25, 0.3) is 0 Å². The third kappa shape index (κ3) is 5.36. The molecule has 6 heteroatoms. The molecule has 0 radical (unpaired) electrons. The van der Waals surface area contributed by atoms with E-state index in [-0.39, 0.29) is 12.4 Å². The highest BCUT2D eigenvalue weighted by molar-refractivity contribution is 6.30. The van der Waals surface area contributed by atoms with Gasteiger partial charge in [-0.3, -0.25) is 9.88 Å². The number of halogens is 2. The Balaban J connectivity index is 0.00000192. The van der Waals surface area contributed by atoms with E-state index >= 15 is 0 Å². The number of hydrogen-bond donors (Lipinski definition) is 1. The summed E-state index contributed by atoms with van der Waals surface area (Å²) in [5, 5.41) is 4.12. The van der Waals surface area contributed by atoms with E-state index in [4.69, 9.17) is 16.3 Å². The minimum Gasteiger partial charge on any atom is -0.489 e. The largest absolute Gasteiger partial charge is 0.489 e.